The predicted molar refractivity (Wildman–Crippen MR) is 111 cm³/mol. The van der Waals surface area contributed by atoms with Gasteiger partial charge < -0.3 is 14.6 Å². The number of anilines is 1. The number of carbonyl (C=O) groups excluding carboxylic acids is 2. The summed E-state index contributed by atoms with van der Waals surface area (Å²) in [6.45, 7) is 0.436. The normalized spacial score (nSPS) is 10.8. The van der Waals surface area contributed by atoms with Crippen LogP contribution in [-0.2, 0) is 11.3 Å². The minimum Gasteiger partial charge on any atom is -0.465 e. The van der Waals surface area contributed by atoms with Crippen LogP contribution in [0.2, 0.25) is 0 Å². The predicted octanol–water partition coefficient (Wildman–Crippen LogP) is 4.93. The van der Waals surface area contributed by atoms with E-state index < -0.39 is 5.97 Å². The number of nitrogens with zero attached hydrogens (tertiary/aromatic N) is 1. The molecule has 7 heteroatoms. The Morgan fingerprint density at radius 3 is 2.66 bits per heavy atom. The molecule has 0 saturated heterocycles. The molecule has 2 aromatic heterocycles. The van der Waals surface area contributed by atoms with Gasteiger partial charge in [-0.05, 0) is 53.4 Å². The average molecular weight is 408 g/mol. The van der Waals surface area contributed by atoms with Crippen LogP contribution < -0.4 is 5.32 Å². The van der Waals surface area contributed by atoms with Gasteiger partial charge in [-0.15, -0.1) is 11.3 Å². The van der Waals surface area contributed by atoms with Crippen LogP contribution in [0, 0.1) is 5.82 Å². The van der Waals surface area contributed by atoms with Crippen molar-refractivity contribution in [3.63, 3.8) is 0 Å². The van der Waals surface area contributed by atoms with Crippen molar-refractivity contribution in [1.29, 1.82) is 0 Å². The minimum atomic E-state index is -0.471. The fourth-order valence-corrected chi connectivity index (χ4v) is 3.97. The van der Waals surface area contributed by atoms with Crippen LogP contribution in [0.5, 0.6) is 0 Å². The highest BCUT2D eigenvalue weighted by Crippen LogP contribution is 2.27. The summed E-state index contributed by atoms with van der Waals surface area (Å²) in [7, 11) is 1.31. The smallest absolute Gasteiger partial charge is 0.337 e. The van der Waals surface area contributed by atoms with Gasteiger partial charge in [0.25, 0.3) is 5.91 Å². The lowest BCUT2D eigenvalue weighted by Crippen LogP contribution is -2.18. The number of benzene rings is 2. The van der Waals surface area contributed by atoms with Gasteiger partial charge in [0.05, 0.1) is 22.9 Å². The Bertz CT molecular complexity index is 1190. The topological polar surface area (TPSA) is 60.3 Å². The molecule has 0 saturated carbocycles. The Hall–Kier alpha value is -3.45. The number of esters is 1. The molecule has 146 valence electrons. The first-order valence-electron chi connectivity index (χ1n) is 8.86. The van der Waals surface area contributed by atoms with Crippen LogP contribution in [0.3, 0.4) is 0 Å². The lowest BCUT2D eigenvalue weighted by Gasteiger charge is -2.11. The van der Waals surface area contributed by atoms with E-state index in [9.17, 15) is 14.0 Å². The molecular formula is C22H17FN2O3S. The van der Waals surface area contributed by atoms with Gasteiger partial charge in [-0.2, -0.15) is 0 Å². The molecule has 2 heterocycles. The van der Waals surface area contributed by atoms with E-state index in [-0.39, 0.29) is 11.7 Å². The molecule has 0 aliphatic heterocycles. The summed E-state index contributed by atoms with van der Waals surface area (Å²) in [6.07, 6.45) is 0. The molecule has 1 amide bonds. The van der Waals surface area contributed by atoms with Crippen molar-refractivity contribution in [3.05, 3.63) is 88.7 Å². The lowest BCUT2D eigenvalue weighted by molar-refractivity contribution is 0.0600. The third-order valence-electron chi connectivity index (χ3n) is 4.55. The van der Waals surface area contributed by atoms with Gasteiger partial charge in [-0.25, -0.2) is 9.18 Å². The number of thiophene rings is 1. The van der Waals surface area contributed by atoms with Gasteiger partial charge in [0.1, 0.15) is 11.5 Å². The van der Waals surface area contributed by atoms with E-state index in [0.717, 1.165) is 15.8 Å². The zero-order valence-electron chi connectivity index (χ0n) is 15.5. The number of fused-ring (bicyclic) bond motifs is 1. The van der Waals surface area contributed by atoms with Crippen molar-refractivity contribution in [2.75, 3.05) is 12.4 Å². The Morgan fingerprint density at radius 2 is 1.90 bits per heavy atom. The standard InChI is InChI=1S/C22H17FN2O3S/c1-28-22(27)15-3-2-4-17(11-15)24-21(26)19-12-20-18(9-10-29-20)25(19)13-14-5-7-16(23)8-6-14/h2-12H,13H2,1H3,(H,24,26). The molecular weight excluding hydrogens is 391 g/mol. The highest BCUT2D eigenvalue weighted by molar-refractivity contribution is 7.17. The van der Waals surface area contributed by atoms with Crippen LogP contribution >= 0.6 is 11.3 Å². The molecule has 0 spiro atoms. The van der Waals surface area contributed by atoms with E-state index >= 15 is 0 Å². The first kappa shape index (κ1) is 18.9. The molecule has 29 heavy (non-hydrogen) atoms. The third-order valence-corrected chi connectivity index (χ3v) is 5.40. The van der Waals surface area contributed by atoms with Crippen LogP contribution in [-0.4, -0.2) is 23.6 Å². The van der Waals surface area contributed by atoms with E-state index in [0.29, 0.717) is 23.5 Å². The summed E-state index contributed by atoms with van der Waals surface area (Å²) in [5.41, 5.74) is 3.16. The van der Waals surface area contributed by atoms with Gasteiger partial charge in [0.2, 0.25) is 0 Å². The summed E-state index contributed by atoms with van der Waals surface area (Å²) < 4.78 is 20.8. The van der Waals surface area contributed by atoms with Crippen LogP contribution in [0.4, 0.5) is 10.1 Å². The number of hydrogen-bond acceptors (Lipinski definition) is 4. The largest absolute Gasteiger partial charge is 0.465 e. The number of halogens is 1. The number of amides is 1. The maximum atomic E-state index is 13.2. The van der Waals surface area contributed by atoms with E-state index in [1.165, 1.54) is 19.2 Å². The Labute approximate surface area is 170 Å². The fraction of sp³-hybridized carbons (Fsp3) is 0.0909. The molecule has 0 aliphatic carbocycles. The average Bonchev–Trinajstić information content (AvgIpc) is 3.32. The number of hydrogen-bond donors (Lipinski definition) is 1. The van der Waals surface area contributed by atoms with Crippen LogP contribution in [0.15, 0.2) is 66.0 Å². The summed E-state index contributed by atoms with van der Waals surface area (Å²) in [6, 6.07) is 16.6. The molecule has 1 N–H and O–H groups in total. The van der Waals surface area contributed by atoms with Gasteiger partial charge >= 0.3 is 5.97 Å². The Morgan fingerprint density at radius 1 is 1.10 bits per heavy atom. The number of nitrogens with one attached hydrogen (secondary N) is 1. The van der Waals surface area contributed by atoms with Crippen molar-refractivity contribution < 1.29 is 18.7 Å². The van der Waals surface area contributed by atoms with E-state index in [1.54, 1.807) is 47.7 Å². The maximum absolute atomic E-state index is 13.2. The maximum Gasteiger partial charge on any atom is 0.337 e. The second kappa shape index (κ2) is 7.89. The number of ether oxygens (including phenoxy) is 1. The van der Waals surface area contributed by atoms with Gasteiger partial charge in [-0.3, -0.25) is 4.79 Å². The third kappa shape index (κ3) is 3.90. The number of methoxy groups -OCH3 is 1. The highest BCUT2D eigenvalue weighted by atomic mass is 32.1. The van der Waals surface area contributed by atoms with Crippen LogP contribution in [0.25, 0.3) is 10.2 Å². The Balaban J connectivity index is 1.65. The van der Waals surface area contributed by atoms with E-state index in [2.05, 4.69) is 5.32 Å². The molecule has 4 aromatic rings. The fourth-order valence-electron chi connectivity index (χ4n) is 3.14. The Kier molecular flexibility index (Phi) is 5.14. The van der Waals surface area contributed by atoms with Crippen molar-refractivity contribution in [2.45, 2.75) is 6.54 Å². The molecule has 0 fully saturated rings. The molecule has 2 aromatic carbocycles. The monoisotopic (exact) mass is 408 g/mol. The van der Waals surface area contributed by atoms with Gasteiger partial charge in [-0.1, -0.05) is 18.2 Å². The number of aromatic nitrogens is 1. The van der Waals surface area contributed by atoms with Gasteiger partial charge in [0.15, 0.2) is 0 Å². The quantitative estimate of drug-likeness (QED) is 0.477. The van der Waals surface area contributed by atoms with Crippen molar-refractivity contribution in [1.82, 2.24) is 4.57 Å². The van der Waals surface area contributed by atoms with Gasteiger partial charge in [0, 0.05) is 12.2 Å². The second-order valence-electron chi connectivity index (χ2n) is 6.44. The van der Waals surface area contributed by atoms with Crippen molar-refractivity contribution in [2.24, 2.45) is 0 Å². The van der Waals surface area contributed by atoms with Crippen molar-refractivity contribution >= 4 is 39.1 Å². The molecule has 0 atom stereocenters. The van der Waals surface area contributed by atoms with Crippen molar-refractivity contribution in [3.8, 4) is 0 Å². The van der Waals surface area contributed by atoms with E-state index in [4.69, 9.17) is 4.74 Å². The zero-order chi connectivity index (χ0) is 20.4. The molecule has 0 aliphatic rings. The summed E-state index contributed by atoms with van der Waals surface area (Å²) >= 11 is 1.55. The van der Waals surface area contributed by atoms with Crippen LogP contribution in [0.1, 0.15) is 26.4 Å². The first-order valence-corrected chi connectivity index (χ1v) is 9.74. The summed E-state index contributed by atoms with van der Waals surface area (Å²) in [4.78, 5) is 24.7. The lowest BCUT2D eigenvalue weighted by atomic mass is 10.2. The number of rotatable bonds is 5. The number of carbonyl (C=O) groups is 2. The summed E-state index contributed by atoms with van der Waals surface area (Å²) in [5.74, 6) is -1.07. The summed E-state index contributed by atoms with van der Waals surface area (Å²) in [5, 5.41) is 4.81. The highest BCUT2D eigenvalue weighted by Gasteiger charge is 2.17. The SMILES string of the molecule is COC(=O)c1cccc(NC(=O)c2cc3sccc3n2Cc2ccc(F)cc2)c1. The second-order valence-corrected chi connectivity index (χ2v) is 7.39. The molecule has 5 nitrogen and oxygen atoms in total. The molecule has 0 radical (unpaired) electrons. The first-order chi connectivity index (χ1) is 14.0. The zero-order valence-corrected chi connectivity index (χ0v) is 16.3. The molecule has 0 bridgehead atoms. The molecule has 4 rings (SSSR count). The minimum absolute atomic E-state index is 0.294. The molecule has 0 unspecified atom stereocenters. The van der Waals surface area contributed by atoms with E-state index in [1.807, 2.05) is 22.1 Å².